The monoisotopic (exact) mass is 350 g/mol. The van der Waals surface area contributed by atoms with Crippen LogP contribution < -0.4 is 9.47 Å². The van der Waals surface area contributed by atoms with E-state index in [0.717, 1.165) is 5.56 Å². The van der Waals surface area contributed by atoms with Crippen molar-refractivity contribution in [3.8, 4) is 22.8 Å². The van der Waals surface area contributed by atoms with Crippen LogP contribution in [0.5, 0.6) is 11.6 Å². The summed E-state index contributed by atoms with van der Waals surface area (Å²) in [6.07, 6.45) is -0.173. The number of pyridine rings is 1. The summed E-state index contributed by atoms with van der Waals surface area (Å²) in [6.45, 7) is 0.419. The molecule has 3 aromatic rings. The molecule has 0 amide bonds. The Morgan fingerprint density at radius 2 is 2.04 bits per heavy atom. The molecule has 0 saturated carbocycles. The first-order chi connectivity index (χ1) is 11.9. The van der Waals surface area contributed by atoms with Gasteiger partial charge < -0.3 is 9.47 Å². The summed E-state index contributed by atoms with van der Waals surface area (Å²) >= 11 is 0. The molecule has 0 atom stereocenters. The third-order valence-electron chi connectivity index (χ3n) is 3.29. The number of ether oxygens (including phenoxy) is 2. The van der Waals surface area contributed by atoms with Gasteiger partial charge in [0.2, 0.25) is 5.88 Å². The van der Waals surface area contributed by atoms with E-state index in [1.807, 2.05) is 0 Å². The number of halogens is 3. The van der Waals surface area contributed by atoms with Crippen molar-refractivity contribution >= 4 is 0 Å². The average molecular weight is 350 g/mol. The minimum Gasteiger partial charge on any atom is -0.481 e. The number of aromatic nitrogens is 4. The number of methoxy groups -OCH3 is 1. The molecule has 3 rings (SSSR count). The van der Waals surface area contributed by atoms with Gasteiger partial charge in [0.05, 0.1) is 13.7 Å². The predicted molar refractivity (Wildman–Crippen MR) is 82.0 cm³/mol. The fraction of sp³-hybridized carbons (Fsp3) is 0.188. The molecule has 2 heterocycles. The highest BCUT2D eigenvalue weighted by Crippen LogP contribution is 2.32. The van der Waals surface area contributed by atoms with Crippen molar-refractivity contribution in [3.63, 3.8) is 0 Å². The molecule has 0 saturated heterocycles. The van der Waals surface area contributed by atoms with E-state index in [9.17, 15) is 13.2 Å². The number of hydrogen-bond donors (Lipinski definition) is 0. The van der Waals surface area contributed by atoms with E-state index in [1.165, 1.54) is 31.6 Å². The number of nitrogens with zero attached hydrogens (tertiary/aromatic N) is 4. The molecule has 25 heavy (non-hydrogen) atoms. The van der Waals surface area contributed by atoms with Crippen LogP contribution in [-0.4, -0.2) is 33.2 Å². The van der Waals surface area contributed by atoms with Crippen molar-refractivity contribution in [1.29, 1.82) is 0 Å². The van der Waals surface area contributed by atoms with Crippen LogP contribution in [0.3, 0.4) is 0 Å². The molecule has 0 aliphatic heterocycles. The summed E-state index contributed by atoms with van der Waals surface area (Å²) in [4.78, 5) is 8.07. The third-order valence-corrected chi connectivity index (χ3v) is 3.29. The summed E-state index contributed by atoms with van der Waals surface area (Å²) in [5.41, 5.74) is 1.84. The van der Waals surface area contributed by atoms with Gasteiger partial charge in [-0.15, -0.1) is 13.2 Å². The Bertz CT molecular complexity index is 851. The summed E-state index contributed by atoms with van der Waals surface area (Å²) in [6, 6.07) is 7.42. The molecule has 0 fully saturated rings. The van der Waals surface area contributed by atoms with Gasteiger partial charge >= 0.3 is 6.36 Å². The fourth-order valence-electron chi connectivity index (χ4n) is 2.31. The van der Waals surface area contributed by atoms with Crippen LogP contribution >= 0.6 is 0 Å². The molecule has 0 aliphatic rings. The second-order valence-electron chi connectivity index (χ2n) is 5.07. The van der Waals surface area contributed by atoms with Crippen LogP contribution in [0.1, 0.15) is 5.56 Å². The van der Waals surface area contributed by atoms with Crippen LogP contribution in [0.25, 0.3) is 11.1 Å². The summed E-state index contributed by atoms with van der Waals surface area (Å²) in [5, 5.41) is 4.01. The Morgan fingerprint density at radius 3 is 2.72 bits per heavy atom. The van der Waals surface area contributed by atoms with E-state index in [4.69, 9.17) is 4.74 Å². The normalized spacial score (nSPS) is 11.4. The van der Waals surface area contributed by atoms with Gasteiger partial charge in [-0.2, -0.15) is 5.10 Å². The van der Waals surface area contributed by atoms with Crippen molar-refractivity contribution in [3.05, 3.63) is 54.7 Å². The quantitative estimate of drug-likeness (QED) is 0.707. The van der Waals surface area contributed by atoms with Crippen LogP contribution in [0.4, 0.5) is 13.2 Å². The van der Waals surface area contributed by atoms with Crippen molar-refractivity contribution in [2.75, 3.05) is 7.11 Å². The molecule has 0 bridgehead atoms. The van der Waals surface area contributed by atoms with E-state index >= 15 is 0 Å². The first kappa shape index (κ1) is 16.7. The molecular weight excluding hydrogens is 337 g/mol. The maximum Gasteiger partial charge on any atom is 0.573 e. The highest BCUT2D eigenvalue weighted by molar-refractivity contribution is 5.70. The van der Waals surface area contributed by atoms with E-state index in [0.29, 0.717) is 23.6 Å². The first-order valence-electron chi connectivity index (χ1n) is 7.16. The highest BCUT2D eigenvalue weighted by atomic mass is 19.4. The Labute approximate surface area is 140 Å². The van der Waals surface area contributed by atoms with Crippen LogP contribution in [0.15, 0.2) is 49.2 Å². The highest BCUT2D eigenvalue weighted by Gasteiger charge is 2.31. The molecule has 1 aromatic carbocycles. The Kier molecular flexibility index (Phi) is 4.55. The summed E-state index contributed by atoms with van der Waals surface area (Å²) in [5.74, 6) is -0.0137. The second kappa shape index (κ2) is 6.80. The molecular formula is C16H13F3N4O2. The minimum absolute atomic E-state index is 0.298. The Morgan fingerprint density at radius 1 is 1.20 bits per heavy atom. The van der Waals surface area contributed by atoms with Gasteiger partial charge in [0.1, 0.15) is 18.4 Å². The van der Waals surface area contributed by atoms with Gasteiger partial charge in [-0.25, -0.2) is 14.6 Å². The number of rotatable bonds is 5. The van der Waals surface area contributed by atoms with E-state index in [1.54, 1.807) is 29.3 Å². The lowest BCUT2D eigenvalue weighted by Gasteiger charge is -2.12. The molecule has 9 heteroatoms. The van der Waals surface area contributed by atoms with Crippen LogP contribution in [-0.2, 0) is 6.54 Å². The first-order valence-corrected chi connectivity index (χ1v) is 7.16. The SMILES string of the molecule is COc1ncc(Cn2cncn2)cc1-c1cccc(OC(F)(F)F)c1. The molecule has 6 nitrogen and oxygen atoms in total. The lowest BCUT2D eigenvalue weighted by molar-refractivity contribution is -0.274. The Hall–Kier alpha value is -3.10. The van der Waals surface area contributed by atoms with E-state index in [2.05, 4.69) is 19.8 Å². The molecule has 0 spiro atoms. The van der Waals surface area contributed by atoms with Gasteiger partial charge in [0.15, 0.2) is 0 Å². The summed E-state index contributed by atoms with van der Waals surface area (Å²) < 4.78 is 48.1. The topological polar surface area (TPSA) is 62.1 Å². The maximum absolute atomic E-state index is 12.4. The standard InChI is InChI=1S/C16H13F3N4O2/c1-24-15-14(5-11(7-21-15)8-23-10-20-9-22-23)12-3-2-4-13(6-12)25-16(17,18)19/h2-7,9-10H,8H2,1H3. The largest absolute Gasteiger partial charge is 0.573 e. The zero-order chi connectivity index (χ0) is 17.9. The smallest absolute Gasteiger partial charge is 0.481 e. The van der Waals surface area contributed by atoms with Crippen molar-refractivity contribution in [2.45, 2.75) is 12.9 Å². The van der Waals surface area contributed by atoms with Crippen LogP contribution in [0, 0.1) is 0 Å². The third kappa shape index (κ3) is 4.25. The molecule has 130 valence electrons. The van der Waals surface area contributed by atoms with E-state index in [-0.39, 0.29) is 5.75 Å². The summed E-state index contributed by atoms with van der Waals surface area (Å²) in [7, 11) is 1.44. The zero-order valence-corrected chi connectivity index (χ0v) is 13.1. The lowest BCUT2D eigenvalue weighted by Crippen LogP contribution is -2.17. The predicted octanol–water partition coefficient (Wildman–Crippen LogP) is 3.30. The lowest BCUT2D eigenvalue weighted by atomic mass is 10.0. The number of alkyl halides is 3. The van der Waals surface area contributed by atoms with Crippen molar-refractivity contribution in [1.82, 2.24) is 19.7 Å². The fourth-order valence-corrected chi connectivity index (χ4v) is 2.31. The molecule has 0 radical (unpaired) electrons. The van der Waals surface area contributed by atoms with Gasteiger partial charge in [0, 0.05) is 11.8 Å². The number of hydrogen-bond acceptors (Lipinski definition) is 5. The van der Waals surface area contributed by atoms with Crippen molar-refractivity contribution in [2.24, 2.45) is 0 Å². The van der Waals surface area contributed by atoms with Gasteiger partial charge in [-0.05, 0) is 29.3 Å². The van der Waals surface area contributed by atoms with Crippen molar-refractivity contribution < 1.29 is 22.6 Å². The van der Waals surface area contributed by atoms with Gasteiger partial charge in [-0.3, -0.25) is 0 Å². The van der Waals surface area contributed by atoms with Gasteiger partial charge in [-0.1, -0.05) is 12.1 Å². The Balaban J connectivity index is 1.96. The molecule has 0 unspecified atom stereocenters. The van der Waals surface area contributed by atoms with E-state index < -0.39 is 6.36 Å². The number of benzene rings is 1. The second-order valence-corrected chi connectivity index (χ2v) is 5.07. The zero-order valence-electron chi connectivity index (χ0n) is 13.1. The maximum atomic E-state index is 12.4. The minimum atomic E-state index is -4.75. The van der Waals surface area contributed by atoms with Gasteiger partial charge in [0.25, 0.3) is 0 Å². The molecule has 0 aliphatic carbocycles. The molecule has 2 aromatic heterocycles. The average Bonchev–Trinajstić information content (AvgIpc) is 3.06. The molecule has 0 N–H and O–H groups in total. The van der Waals surface area contributed by atoms with Crippen LogP contribution in [0.2, 0.25) is 0 Å².